The van der Waals surface area contributed by atoms with Gasteiger partial charge in [0.2, 0.25) is 0 Å². The van der Waals surface area contributed by atoms with Gasteiger partial charge in [-0.3, -0.25) is 14.6 Å². The zero-order valence-corrected chi connectivity index (χ0v) is 15.9. The lowest BCUT2D eigenvalue weighted by Crippen LogP contribution is -2.23. The molecule has 0 atom stereocenters. The summed E-state index contributed by atoms with van der Waals surface area (Å²) in [6.45, 7) is 0.0851. The molecule has 0 unspecified atom stereocenters. The lowest BCUT2D eigenvalue weighted by molar-refractivity contribution is 0.0948. The number of nitrogens with zero attached hydrogens (tertiary/aromatic N) is 1. The molecule has 0 bridgehead atoms. The largest absolute Gasteiger partial charge is 0.348 e. The van der Waals surface area contributed by atoms with E-state index in [9.17, 15) is 14.0 Å². The van der Waals surface area contributed by atoms with Gasteiger partial charge in [-0.25, -0.2) is 4.39 Å². The number of carbonyl (C=O) groups is 2. The maximum atomic E-state index is 13.7. The average Bonchev–Trinajstić information content (AvgIpc) is 2.78. The summed E-state index contributed by atoms with van der Waals surface area (Å²) in [5, 5.41) is 6.46. The Hall–Kier alpha value is -4.06. The zero-order chi connectivity index (χ0) is 20.9. The van der Waals surface area contributed by atoms with Crippen molar-refractivity contribution in [3.63, 3.8) is 0 Å². The van der Waals surface area contributed by atoms with Crippen LogP contribution in [0.25, 0.3) is 10.9 Å². The number of hydrogen-bond acceptors (Lipinski definition) is 3. The van der Waals surface area contributed by atoms with E-state index in [1.807, 2.05) is 24.3 Å². The molecule has 0 aliphatic heterocycles. The minimum Gasteiger partial charge on any atom is -0.348 e. The summed E-state index contributed by atoms with van der Waals surface area (Å²) in [6.07, 6.45) is 1.67. The molecule has 4 rings (SSSR count). The monoisotopic (exact) mass is 399 g/mol. The second kappa shape index (κ2) is 8.53. The number of amides is 2. The third kappa shape index (κ3) is 4.17. The average molecular weight is 399 g/mol. The number of benzene rings is 3. The Morgan fingerprint density at radius 2 is 1.50 bits per heavy atom. The molecule has 2 amide bonds. The summed E-state index contributed by atoms with van der Waals surface area (Å²) in [5.74, 6) is -1.01. The zero-order valence-electron chi connectivity index (χ0n) is 15.9. The number of rotatable bonds is 5. The van der Waals surface area contributed by atoms with E-state index >= 15 is 0 Å². The van der Waals surface area contributed by atoms with Crippen LogP contribution < -0.4 is 10.6 Å². The summed E-state index contributed by atoms with van der Waals surface area (Å²) >= 11 is 0. The topological polar surface area (TPSA) is 71.1 Å². The highest BCUT2D eigenvalue weighted by molar-refractivity contribution is 6.08. The minimum atomic E-state index is -0.368. The van der Waals surface area contributed by atoms with Gasteiger partial charge in [-0.15, -0.1) is 0 Å². The summed E-state index contributed by atoms with van der Waals surface area (Å²) in [5.41, 5.74) is 2.52. The van der Waals surface area contributed by atoms with Crippen LogP contribution in [0, 0.1) is 5.82 Å². The van der Waals surface area contributed by atoms with Crippen LogP contribution in [0.5, 0.6) is 0 Å². The molecule has 148 valence electrons. The maximum absolute atomic E-state index is 13.7. The van der Waals surface area contributed by atoms with Crippen molar-refractivity contribution in [2.75, 3.05) is 5.32 Å². The fourth-order valence-electron chi connectivity index (χ4n) is 3.09. The number of fused-ring (bicyclic) bond motifs is 1. The van der Waals surface area contributed by atoms with Crippen molar-refractivity contribution in [2.24, 2.45) is 0 Å². The molecule has 4 aromatic rings. The van der Waals surface area contributed by atoms with E-state index in [0.29, 0.717) is 27.9 Å². The fourth-order valence-corrected chi connectivity index (χ4v) is 3.09. The van der Waals surface area contributed by atoms with Gasteiger partial charge in [0.05, 0.1) is 11.2 Å². The SMILES string of the molecule is O=C(NCc1ccccc1F)c1ccc(C(=O)Nc2cccc3cccnc23)cc1. The van der Waals surface area contributed by atoms with Crippen molar-refractivity contribution in [1.29, 1.82) is 0 Å². The van der Waals surface area contributed by atoms with Gasteiger partial charge >= 0.3 is 0 Å². The molecule has 5 nitrogen and oxygen atoms in total. The van der Waals surface area contributed by atoms with Gasteiger partial charge in [0.1, 0.15) is 5.82 Å². The second-order valence-electron chi connectivity index (χ2n) is 6.69. The molecule has 0 aliphatic rings. The first-order chi connectivity index (χ1) is 14.6. The van der Waals surface area contributed by atoms with Crippen molar-refractivity contribution in [3.8, 4) is 0 Å². The molecule has 3 aromatic carbocycles. The number of halogens is 1. The van der Waals surface area contributed by atoms with Gasteiger partial charge in [-0.1, -0.05) is 36.4 Å². The Balaban J connectivity index is 1.43. The predicted molar refractivity (Wildman–Crippen MR) is 114 cm³/mol. The van der Waals surface area contributed by atoms with Gasteiger partial charge < -0.3 is 10.6 Å². The molecule has 0 saturated heterocycles. The molecule has 1 aromatic heterocycles. The molecule has 30 heavy (non-hydrogen) atoms. The van der Waals surface area contributed by atoms with Crippen LogP contribution in [-0.2, 0) is 6.54 Å². The molecule has 0 spiro atoms. The van der Waals surface area contributed by atoms with Crippen molar-refractivity contribution in [2.45, 2.75) is 6.54 Å². The molecule has 0 radical (unpaired) electrons. The lowest BCUT2D eigenvalue weighted by Gasteiger charge is -2.09. The van der Waals surface area contributed by atoms with E-state index in [0.717, 1.165) is 5.39 Å². The molecule has 1 heterocycles. The second-order valence-corrected chi connectivity index (χ2v) is 6.69. The first-order valence-corrected chi connectivity index (χ1v) is 9.38. The van der Waals surface area contributed by atoms with Crippen LogP contribution in [0.15, 0.2) is 85.1 Å². The summed E-state index contributed by atoms with van der Waals surface area (Å²) < 4.78 is 13.7. The molecular weight excluding hydrogens is 381 g/mol. The van der Waals surface area contributed by atoms with E-state index in [-0.39, 0.29) is 24.2 Å². The number of para-hydroxylation sites is 1. The summed E-state index contributed by atoms with van der Waals surface area (Å²) in [6, 6.07) is 21.9. The fraction of sp³-hybridized carbons (Fsp3) is 0.0417. The molecule has 0 saturated carbocycles. The summed E-state index contributed by atoms with van der Waals surface area (Å²) in [7, 11) is 0. The quantitative estimate of drug-likeness (QED) is 0.517. The van der Waals surface area contributed by atoms with Gasteiger partial charge in [0.25, 0.3) is 11.8 Å². The Morgan fingerprint density at radius 1 is 0.800 bits per heavy atom. The van der Waals surface area contributed by atoms with Gasteiger partial charge in [0.15, 0.2) is 0 Å². The van der Waals surface area contributed by atoms with Crippen LogP contribution in [0.3, 0.4) is 0 Å². The van der Waals surface area contributed by atoms with Crippen LogP contribution >= 0.6 is 0 Å². The van der Waals surface area contributed by atoms with Gasteiger partial charge in [0, 0.05) is 34.8 Å². The number of nitrogens with one attached hydrogen (secondary N) is 2. The van der Waals surface area contributed by atoms with Crippen molar-refractivity contribution < 1.29 is 14.0 Å². The normalized spacial score (nSPS) is 10.6. The summed E-state index contributed by atoms with van der Waals surface area (Å²) in [4.78, 5) is 29.2. The Labute approximate surface area is 172 Å². The highest BCUT2D eigenvalue weighted by Gasteiger charge is 2.11. The third-order valence-corrected chi connectivity index (χ3v) is 4.69. The van der Waals surface area contributed by atoms with Crippen LogP contribution in [0.4, 0.5) is 10.1 Å². The minimum absolute atomic E-state index is 0.0851. The smallest absolute Gasteiger partial charge is 0.255 e. The van der Waals surface area contributed by atoms with Crippen LogP contribution in [0.2, 0.25) is 0 Å². The van der Waals surface area contributed by atoms with E-state index < -0.39 is 0 Å². The van der Waals surface area contributed by atoms with E-state index in [2.05, 4.69) is 15.6 Å². The molecule has 0 aliphatic carbocycles. The molecular formula is C24H18FN3O2. The van der Waals surface area contributed by atoms with Gasteiger partial charge in [-0.05, 0) is 42.5 Å². The van der Waals surface area contributed by atoms with Crippen LogP contribution in [0.1, 0.15) is 26.3 Å². The third-order valence-electron chi connectivity index (χ3n) is 4.69. The molecule has 0 fully saturated rings. The highest BCUT2D eigenvalue weighted by Crippen LogP contribution is 2.21. The number of carbonyl (C=O) groups excluding carboxylic acids is 2. The first kappa shape index (κ1) is 19.3. The Bertz CT molecular complexity index is 1220. The van der Waals surface area contributed by atoms with E-state index in [1.165, 1.54) is 6.07 Å². The Morgan fingerprint density at radius 3 is 2.27 bits per heavy atom. The number of aromatic nitrogens is 1. The Kier molecular flexibility index (Phi) is 5.48. The van der Waals surface area contributed by atoms with Crippen LogP contribution in [-0.4, -0.2) is 16.8 Å². The first-order valence-electron chi connectivity index (χ1n) is 9.38. The number of pyridine rings is 1. The predicted octanol–water partition coefficient (Wildman–Crippen LogP) is 4.56. The number of anilines is 1. The lowest BCUT2D eigenvalue weighted by atomic mass is 10.1. The van der Waals surface area contributed by atoms with E-state index in [4.69, 9.17) is 0 Å². The highest BCUT2D eigenvalue weighted by atomic mass is 19.1. The van der Waals surface area contributed by atoms with Crippen molar-refractivity contribution in [1.82, 2.24) is 10.3 Å². The molecule has 2 N–H and O–H groups in total. The van der Waals surface area contributed by atoms with Gasteiger partial charge in [-0.2, -0.15) is 0 Å². The maximum Gasteiger partial charge on any atom is 0.255 e. The standard InChI is InChI=1S/C24H18FN3O2/c25-20-8-2-1-5-19(20)15-27-23(29)17-10-12-18(13-11-17)24(30)28-21-9-3-6-16-7-4-14-26-22(16)21/h1-14H,15H2,(H,27,29)(H,28,30). The van der Waals surface area contributed by atoms with Crippen molar-refractivity contribution in [3.05, 3.63) is 108 Å². The van der Waals surface area contributed by atoms with E-state index in [1.54, 1.807) is 54.7 Å². The number of hydrogen-bond donors (Lipinski definition) is 2. The molecule has 6 heteroatoms. The van der Waals surface area contributed by atoms with Crippen molar-refractivity contribution >= 4 is 28.4 Å².